The van der Waals surface area contributed by atoms with Crippen LogP contribution in [0.4, 0.5) is 29.1 Å². The van der Waals surface area contributed by atoms with Crippen molar-refractivity contribution in [3.8, 4) is 17.0 Å². The smallest absolute Gasteiger partial charge is 0.387 e. The zero-order chi connectivity index (χ0) is 30.4. The highest BCUT2D eigenvalue weighted by Crippen LogP contribution is 2.32. The molecule has 4 rings (SSSR count). The molecule has 222 valence electrons. The number of fused-ring (bicyclic) bond motifs is 1. The van der Waals surface area contributed by atoms with Gasteiger partial charge in [-0.2, -0.15) is 13.2 Å². The molecule has 0 aliphatic heterocycles. The van der Waals surface area contributed by atoms with Crippen molar-refractivity contribution in [3.05, 3.63) is 71.7 Å². The van der Waals surface area contributed by atoms with Crippen molar-refractivity contribution in [2.75, 3.05) is 39.0 Å². The van der Waals surface area contributed by atoms with E-state index in [0.717, 1.165) is 17.7 Å². The molecular formula is C28H29F4N7O3. The predicted molar refractivity (Wildman–Crippen MR) is 148 cm³/mol. The largest absolute Gasteiger partial charge is 0.432 e. The van der Waals surface area contributed by atoms with Gasteiger partial charge in [0.25, 0.3) is 5.91 Å². The highest BCUT2D eigenvalue weighted by molar-refractivity contribution is 5.96. The standard InChI is InChI=1S/C28H29F4N7O3/c1-4-16-13-17(5-6-18(16)27(41)35-10-9-33-22(40)15-38(2)3)37-25-26-36-14-20(39(26)12-11-34-25)19-7-8-21(42-28(31)32)24(30)23(19)29/h5-8,11-14,28H,4,9-10,15H2,1-3H3,(H,33,40)(H,34,37)(H,35,41). The van der Waals surface area contributed by atoms with Gasteiger partial charge in [0.15, 0.2) is 23.0 Å². The van der Waals surface area contributed by atoms with Gasteiger partial charge in [0.05, 0.1) is 18.4 Å². The van der Waals surface area contributed by atoms with Crippen molar-refractivity contribution < 1.29 is 31.9 Å². The molecule has 4 aromatic rings. The number of aromatic nitrogens is 3. The summed E-state index contributed by atoms with van der Waals surface area (Å²) in [6, 6.07) is 7.20. The molecule has 2 heterocycles. The second kappa shape index (κ2) is 13.3. The first-order valence-corrected chi connectivity index (χ1v) is 12.9. The van der Waals surface area contributed by atoms with Crippen LogP contribution >= 0.6 is 0 Å². The third-order valence-corrected chi connectivity index (χ3v) is 6.15. The summed E-state index contributed by atoms with van der Waals surface area (Å²) in [7, 11) is 3.58. The summed E-state index contributed by atoms with van der Waals surface area (Å²) in [5.41, 5.74) is 2.09. The summed E-state index contributed by atoms with van der Waals surface area (Å²) < 4.78 is 59.6. The summed E-state index contributed by atoms with van der Waals surface area (Å²) >= 11 is 0. The van der Waals surface area contributed by atoms with Gasteiger partial charge >= 0.3 is 6.61 Å². The lowest BCUT2D eigenvalue weighted by atomic mass is 10.0. The first-order chi connectivity index (χ1) is 20.1. The molecule has 0 aliphatic rings. The molecule has 0 saturated heterocycles. The topological polar surface area (TPSA) is 113 Å². The van der Waals surface area contributed by atoms with Crippen LogP contribution in [0.5, 0.6) is 5.75 Å². The summed E-state index contributed by atoms with van der Waals surface area (Å²) in [6.07, 6.45) is 4.79. The van der Waals surface area contributed by atoms with E-state index in [1.165, 1.54) is 23.0 Å². The SMILES string of the molecule is CCc1cc(Nc2nccn3c(-c4ccc(OC(F)F)c(F)c4F)cnc23)ccc1C(=O)NCCNC(=O)CN(C)C. The Kier molecular flexibility index (Phi) is 9.57. The number of halogens is 4. The average Bonchev–Trinajstić information content (AvgIpc) is 3.38. The number of likely N-dealkylation sites (N-methyl/N-ethyl adjacent to an activating group) is 1. The molecule has 0 fully saturated rings. The number of amides is 2. The van der Waals surface area contributed by atoms with Crippen molar-refractivity contribution in [2.45, 2.75) is 20.0 Å². The van der Waals surface area contributed by atoms with E-state index in [1.54, 1.807) is 37.2 Å². The molecule has 0 atom stereocenters. The number of carbonyl (C=O) groups is 2. The quantitative estimate of drug-likeness (QED) is 0.170. The van der Waals surface area contributed by atoms with Crippen LogP contribution in [0.2, 0.25) is 0 Å². The zero-order valence-corrected chi connectivity index (χ0v) is 23.1. The maximum atomic E-state index is 14.8. The summed E-state index contributed by atoms with van der Waals surface area (Å²) in [5, 5.41) is 8.68. The highest BCUT2D eigenvalue weighted by Gasteiger charge is 2.21. The van der Waals surface area contributed by atoms with E-state index in [0.29, 0.717) is 30.0 Å². The molecule has 0 bridgehead atoms. The van der Waals surface area contributed by atoms with Crippen LogP contribution in [0.1, 0.15) is 22.8 Å². The van der Waals surface area contributed by atoms with Crippen LogP contribution in [0.15, 0.2) is 48.9 Å². The Hall–Kier alpha value is -4.72. The normalized spacial score (nSPS) is 11.3. The molecule has 2 aromatic carbocycles. The monoisotopic (exact) mass is 587 g/mol. The molecule has 0 saturated carbocycles. The van der Waals surface area contributed by atoms with Crippen LogP contribution in [-0.4, -0.2) is 71.4 Å². The van der Waals surface area contributed by atoms with E-state index in [4.69, 9.17) is 0 Å². The van der Waals surface area contributed by atoms with Gasteiger partial charge in [-0.1, -0.05) is 6.92 Å². The lowest BCUT2D eigenvalue weighted by Gasteiger charge is -2.13. The van der Waals surface area contributed by atoms with Gasteiger partial charge in [0.2, 0.25) is 11.7 Å². The first-order valence-electron chi connectivity index (χ1n) is 12.9. The second-order valence-electron chi connectivity index (χ2n) is 9.42. The fraction of sp³-hybridized carbons (Fsp3) is 0.286. The second-order valence-corrected chi connectivity index (χ2v) is 9.42. The molecule has 3 N–H and O–H groups in total. The third-order valence-electron chi connectivity index (χ3n) is 6.15. The Bertz CT molecular complexity index is 1590. The number of hydrogen-bond donors (Lipinski definition) is 3. The number of benzene rings is 2. The number of alkyl halides is 2. The zero-order valence-electron chi connectivity index (χ0n) is 23.1. The van der Waals surface area contributed by atoms with Crippen molar-refractivity contribution in [1.82, 2.24) is 29.9 Å². The number of imidazole rings is 1. The van der Waals surface area contributed by atoms with Crippen molar-refractivity contribution >= 4 is 29.0 Å². The van der Waals surface area contributed by atoms with E-state index < -0.39 is 24.0 Å². The van der Waals surface area contributed by atoms with Crippen LogP contribution in [0, 0.1) is 11.6 Å². The molecule has 14 heteroatoms. The summed E-state index contributed by atoms with van der Waals surface area (Å²) in [6.45, 7) is -0.577. The number of rotatable bonds is 12. The average molecular weight is 588 g/mol. The summed E-state index contributed by atoms with van der Waals surface area (Å²) in [4.78, 5) is 34.9. The number of carbonyl (C=O) groups excluding carboxylic acids is 2. The molecule has 10 nitrogen and oxygen atoms in total. The van der Waals surface area contributed by atoms with Crippen molar-refractivity contribution in [3.63, 3.8) is 0 Å². The van der Waals surface area contributed by atoms with Crippen molar-refractivity contribution in [2.24, 2.45) is 0 Å². The molecule has 0 radical (unpaired) electrons. The molecule has 2 amide bonds. The predicted octanol–water partition coefficient (Wildman–Crippen LogP) is 3.99. The highest BCUT2D eigenvalue weighted by atomic mass is 19.3. The molecule has 0 spiro atoms. The number of ether oxygens (including phenoxy) is 1. The van der Waals surface area contributed by atoms with Gasteiger partial charge in [-0.3, -0.25) is 14.0 Å². The minimum Gasteiger partial charge on any atom is -0.432 e. The van der Waals surface area contributed by atoms with Crippen LogP contribution in [0.25, 0.3) is 16.9 Å². The molecule has 2 aromatic heterocycles. The number of anilines is 2. The Morgan fingerprint density at radius 1 is 1.05 bits per heavy atom. The number of hydrogen-bond acceptors (Lipinski definition) is 7. The van der Waals surface area contributed by atoms with E-state index in [-0.39, 0.29) is 41.8 Å². The Balaban J connectivity index is 1.50. The first kappa shape index (κ1) is 30.2. The van der Waals surface area contributed by atoms with Crippen LogP contribution in [-0.2, 0) is 11.2 Å². The molecule has 0 aliphatic carbocycles. The van der Waals surface area contributed by atoms with E-state index >= 15 is 0 Å². The molecular weight excluding hydrogens is 558 g/mol. The Labute approximate surface area is 238 Å². The van der Waals surface area contributed by atoms with Gasteiger partial charge < -0.3 is 25.6 Å². The molecule has 0 unspecified atom stereocenters. The van der Waals surface area contributed by atoms with Crippen LogP contribution < -0.4 is 20.7 Å². The van der Waals surface area contributed by atoms with Crippen molar-refractivity contribution in [1.29, 1.82) is 0 Å². The minimum atomic E-state index is -3.30. The van der Waals surface area contributed by atoms with E-state index in [9.17, 15) is 27.2 Å². The van der Waals surface area contributed by atoms with Gasteiger partial charge in [-0.25, -0.2) is 14.4 Å². The minimum absolute atomic E-state index is 0.137. The van der Waals surface area contributed by atoms with Gasteiger partial charge in [0, 0.05) is 42.3 Å². The fourth-order valence-corrected chi connectivity index (χ4v) is 4.26. The van der Waals surface area contributed by atoms with Gasteiger partial charge in [-0.05, 0) is 56.4 Å². The number of nitrogens with zero attached hydrogens (tertiary/aromatic N) is 4. The van der Waals surface area contributed by atoms with Gasteiger partial charge in [-0.15, -0.1) is 0 Å². The maximum Gasteiger partial charge on any atom is 0.387 e. The Morgan fingerprint density at radius 2 is 1.81 bits per heavy atom. The van der Waals surface area contributed by atoms with E-state index in [1.807, 2.05) is 6.92 Å². The summed E-state index contributed by atoms with van der Waals surface area (Å²) in [5.74, 6) is -3.92. The fourth-order valence-electron chi connectivity index (χ4n) is 4.26. The number of nitrogens with one attached hydrogen (secondary N) is 3. The van der Waals surface area contributed by atoms with Gasteiger partial charge in [0.1, 0.15) is 0 Å². The molecule has 42 heavy (non-hydrogen) atoms. The lowest BCUT2D eigenvalue weighted by molar-refractivity contribution is -0.121. The van der Waals surface area contributed by atoms with E-state index in [2.05, 4.69) is 30.7 Å². The maximum absolute atomic E-state index is 14.8. The lowest BCUT2D eigenvalue weighted by Crippen LogP contribution is -2.38. The van der Waals surface area contributed by atoms with Crippen LogP contribution in [0.3, 0.4) is 0 Å². The number of aryl methyl sites for hydroxylation is 1. The Morgan fingerprint density at radius 3 is 2.52 bits per heavy atom. The third kappa shape index (κ3) is 6.94.